The fourth-order valence-corrected chi connectivity index (χ4v) is 5.45. The van der Waals surface area contributed by atoms with Gasteiger partial charge in [-0.25, -0.2) is 19.0 Å². The maximum absolute atomic E-state index is 13.7. The second kappa shape index (κ2) is 12.6. The number of alkyl carbamates (subject to hydrolysis) is 1. The number of quaternary nitrogens is 1. The van der Waals surface area contributed by atoms with Crippen LogP contribution in [-0.4, -0.2) is 57.0 Å². The molecule has 0 radical (unpaired) electrons. The van der Waals surface area contributed by atoms with Gasteiger partial charge in [-0.2, -0.15) is 0 Å². The summed E-state index contributed by atoms with van der Waals surface area (Å²) >= 11 is 0. The molecule has 2 heterocycles. The summed E-state index contributed by atoms with van der Waals surface area (Å²) in [6, 6.07) is 16.1. The third kappa shape index (κ3) is 7.81. The van der Waals surface area contributed by atoms with Gasteiger partial charge in [0.05, 0.1) is 31.1 Å². The van der Waals surface area contributed by atoms with Gasteiger partial charge < -0.3 is 19.3 Å². The predicted octanol–water partition coefficient (Wildman–Crippen LogP) is 3.63. The van der Waals surface area contributed by atoms with Gasteiger partial charge in [0.25, 0.3) is 5.56 Å². The molecule has 0 saturated carbocycles. The third-order valence-corrected chi connectivity index (χ3v) is 7.49. The lowest BCUT2D eigenvalue weighted by atomic mass is 10.0. The quantitative estimate of drug-likeness (QED) is 0.317. The second-order valence-electron chi connectivity index (χ2n) is 12.9. The maximum Gasteiger partial charge on any atom is 0.408 e. The minimum absolute atomic E-state index is 0.139. The van der Waals surface area contributed by atoms with E-state index < -0.39 is 29.4 Å². The summed E-state index contributed by atoms with van der Waals surface area (Å²) < 4.78 is 14.2. The van der Waals surface area contributed by atoms with Crippen LogP contribution in [0.2, 0.25) is 0 Å². The number of likely N-dealkylation sites (N-methyl/N-ethyl adjacent to an activating group) is 1. The molecule has 0 saturated heterocycles. The highest BCUT2D eigenvalue weighted by Gasteiger charge is 2.33. The van der Waals surface area contributed by atoms with Gasteiger partial charge in [0.15, 0.2) is 0 Å². The largest absolute Gasteiger partial charge is 0.461 e. The number of nitrogens with zero attached hydrogens (tertiary/aromatic N) is 3. The minimum atomic E-state index is -0.981. The summed E-state index contributed by atoms with van der Waals surface area (Å²) in [7, 11) is 3.88. The Balaban J connectivity index is 1.58. The third-order valence-electron chi connectivity index (χ3n) is 7.49. The lowest BCUT2D eigenvalue weighted by Crippen LogP contribution is -2.52. The fourth-order valence-electron chi connectivity index (χ4n) is 5.45. The van der Waals surface area contributed by atoms with Crippen LogP contribution in [-0.2, 0) is 47.2 Å². The molecular weight excluding hydrogens is 548 g/mol. The summed E-state index contributed by atoms with van der Waals surface area (Å²) in [5, 5.41) is 2.61. The molecule has 1 aromatic heterocycles. The van der Waals surface area contributed by atoms with Gasteiger partial charge in [-0.05, 0) is 52.3 Å². The number of aromatic nitrogens is 2. The smallest absolute Gasteiger partial charge is 0.408 e. The van der Waals surface area contributed by atoms with Crippen LogP contribution in [0.25, 0.3) is 5.69 Å². The Morgan fingerprint density at radius 1 is 1.00 bits per heavy atom. The molecule has 1 unspecified atom stereocenters. The molecule has 2 aromatic carbocycles. The summed E-state index contributed by atoms with van der Waals surface area (Å²) in [5.74, 6) is -0.581. The Bertz CT molecular complexity index is 1590. The molecule has 2 atom stereocenters. The summed E-state index contributed by atoms with van der Waals surface area (Å²) in [4.78, 5) is 52.4. The molecular formula is C33H43N4O6+. The van der Waals surface area contributed by atoms with Crippen LogP contribution in [0.3, 0.4) is 0 Å². The first kappa shape index (κ1) is 31.7. The molecule has 0 spiro atoms. The van der Waals surface area contributed by atoms with E-state index in [9.17, 15) is 19.2 Å². The molecule has 230 valence electrons. The molecule has 4 rings (SSSR count). The first-order valence-electron chi connectivity index (χ1n) is 14.7. The molecule has 1 N–H and O–H groups in total. The molecule has 10 heteroatoms. The van der Waals surface area contributed by atoms with Crippen molar-refractivity contribution >= 4 is 12.1 Å². The van der Waals surface area contributed by atoms with Gasteiger partial charge in [-0.3, -0.25) is 9.36 Å². The van der Waals surface area contributed by atoms with Crippen molar-refractivity contribution in [1.29, 1.82) is 0 Å². The van der Waals surface area contributed by atoms with E-state index in [4.69, 9.17) is 9.47 Å². The van der Waals surface area contributed by atoms with Crippen molar-refractivity contribution in [2.45, 2.75) is 78.3 Å². The van der Waals surface area contributed by atoms with Gasteiger partial charge in [0.1, 0.15) is 24.7 Å². The number of fused-ring (bicyclic) bond motifs is 1. The van der Waals surface area contributed by atoms with Crippen LogP contribution in [0.4, 0.5) is 4.79 Å². The zero-order valence-corrected chi connectivity index (χ0v) is 26.2. The van der Waals surface area contributed by atoms with Gasteiger partial charge in [0.2, 0.25) is 0 Å². The fraction of sp³-hybridized carbons (Fsp3) is 0.455. The van der Waals surface area contributed by atoms with Crippen LogP contribution in [0.5, 0.6) is 0 Å². The van der Waals surface area contributed by atoms with Crippen LogP contribution in [0.1, 0.15) is 57.0 Å². The Hall–Kier alpha value is -4.18. The number of hydrogen-bond acceptors (Lipinski definition) is 6. The molecule has 0 bridgehead atoms. The summed E-state index contributed by atoms with van der Waals surface area (Å²) in [6.45, 7) is 10.9. The molecule has 1 aliphatic rings. The van der Waals surface area contributed by atoms with Crippen molar-refractivity contribution < 1.29 is 23.5 Å². The molecule has 10 nitrogen and oxygen atoms in total. The zero-order chi connectivity index (χ0) is 31.5. The Morgan fingerprint density at radius 2 is 1.65 bits per heavy atom. The first-order chi connectivity index (χ1) is 20.2. The lowest BCUT2D eigenvalue weighted by molar-refractivity contribution is -0.937. The second-order valence-corrected chi connectivity index (χ2v) is 12.9. The Kier molecular flexibility index (Phi) is 9.29. The normalized spacial score (nSPS) is 17.2. The van der Waals surface area contributed by atoms with Gasteiger partial charge in [0, 0.05) is 31.0 Å². The zero-order valence-electron chi connectivity index (χ0n) is 26.2. The van der Waals surface area contributed by atoms with E-state index in [0.717, 1.165) is 18.8 Å². The monoisotopic (exact) mass is 591 g/mol. The van der Waals surface area contributed by atoms with E-state index >= 15 is 0 Å². The van der Waals surface area contributed by atoms with Crippen LogP contribution < -0.4 is 16.6 Å². The number of benzene rings is 2. The van der Waals surface area contributed by atoms with E-state index in [1.807, 2.05) is 18.2 Å². The highest BCUT2D eigenvalue weighted by atomic mass is 16.6. The number of hydrogen-bond donors (Lipinski definition) is 1. The van der Waals surface area contributed by atoms with Gasteiger partial charge in [-0.1, -0.05) is 42.5 Å². The molecule has 1 amide bonds. The van der Waals surface area contributed by atoms with Crippen molar-refractivity contribution in [2.75, 3.05) is 13.6 Å². The van der Waals surface area contributed by atoms with Crippen molar-refractivity contribution in [3.05, 3.63) is 97.8 Å². The van der Waals surface area contributed by atoms with E-state index in [-0.39, 0.29) is 18.1 Å². The summed E-state index contributed by atoms with van der Waals surface area (Å²) in [5.41, 5.74) is 2.35. The Labute approximate surface area is 252 Å². The van der Waals surface area contributed by atoms with Crippen molar-refractivity contribution in [1.82, 2.24) is 14.5 Å². The average molecular weight is 592 g/mol. The minimum Gasteiger partial charge on any atom is -0.461 e. The Morgan fingerprint density at radius 3 is 2.26 bits per heavy atom. The van der Waals surface area contributed by atoms with E-state index in [1.54, 1.807) is 70.5 Å². The number of rotatable bonds is 8. The van der Waals surface area contributed by atoms with Crippen LogP contribution >= 0.6 is 0 Å². The molecule has 1 aliphatic heterocycles. The van der Waals surface area contributed by atoms with E-state index in [1.165, 1.54) is 10.1 Å². The number of carbonyl (C=O) groups excluding carboxylic acids is 2. The van der Waals surface area contributed by atoms with Crippen LogP contribution in [0.15, 0.2) is 64.2 Å². The van der Waals surface area contributed by atoms with Crippen molar-refractivity contribution in [3.63, 3.8) is 0 Å². The number of carbonyl (C=O) groups is 2. The van der Waals surface area contributed by atoms with Crippen LogP contribution in [0, 0.1) is 0 Å². The molecule has 3 aromatic rings. The number of amides is 1. The predicted molar refractivity (Wildman–Crippen MR) is 164 cm³/mol. The molecule has 0 fully saturated rings. The maximum atomic E-state index is 13.7. The molecule has 43 heavy (non-hydrogen) atoms. The standard InChI is InChI=1S/C33H42N4O6/c1-22(2)42-30(39)27(34-31(40)43-33(3,4)5)19-23-13-15-25(16-14-23)36-29(38)26-17-18-37(7,20-24-11-9-8-10-12-24)21-28(26)35(6)32(36)41/h8-16,22,27H,17-21H2,1-7H3/p+1/t27-,37?/m0/s1. The number of ether oxygens (including phenoxy) is 2. The van der Waals surface area contributed by atoms with Crippen molar-refractivity contribution in [2.24, 2.45) is 7.05 Å². The SMILES string of the molecule is CC(C)OC(=O)[C@H](Cc1ccc(-n2c(=O)c3c(n(C)c2=O)C[N+](C)(Cc2ccccc2)CC3)cc1)NC(=O)OC(C)(C)C. The number of nitrogens with one attached hydrogen (secondary N) is 1. The molecule has 0 aliphatic carbocycles. The van der Waals surface area contributed by atoms with Gasteiger partial charge in [-0.15, -0.1) is 0 Å². The average Bonchev–Trinajstić information content (AvgIpc) is 2.91. The highest BCUT2D eigenvalue weighted by Crippen LogP contribution is 2.24. The van der Waals surface area contributed by atoms with Crippen molar-refractivity contribution in [3.8, 4) is 5.69 Å². The first-order valence-corrected chi connectivity index (χ1v) is 14.7. The number of esters is 1. The lowest BCUT2D eigenvalue weighted by Gasteiger charge is -2.39. The highest BCUT2D eigenvalue weighted by molar-refractivity contribution is 5.82. The summed E-state index contributed by atoms with van der Waals surface area (Å²) in [6.07, 6.45) is -0.378. The van der Waals surface area contributed by atoms with Gasteiger partial charge >= 0.3 is 17.8 Å². The van der Waals surface area contributed by atoms with E-state index in [0.29, 0.717) is 34.3 Å². The topological polar surface area (TPSA) is 109 Å². The van der Waals surface area contributed by atoms with E-state index in [2.05, 4.69) is 24.5 Å².